The number of rotatable bonds is 12. The standard InChI is InChI=1S/C30H35Cl2N3O4S2/c1-20(2)17-33-30(37)22(4)34(18-23-8-9-24(31)16-28(23)32)29(36)19-35(25-10-6-21(3)7-11-25)41(38,39)27-14-12-26(40-5)13-15-27/h6-16,20,22H,17-19H2,1-5H3,(H,33,37)/t22-/m1/s1. The van der Waals surface area contributed by atoms with Gasteiger partial charge in [-0.25, -0.2) is 8.42 Å². The van der Waals surface area contributed by atoms with E-state index in [0.717, 1.165) is 14.8 Å². The van der Waals surface area contributed by atoms with Crippen molar-refractivity contribution in [1.82, 2.24) is 10.2 Å². The van der Waals surface area contributed by atoms with Crippen molar-refractivity contribution in [3.8, 4) is 0 Å². The van der Waals surface area contributed by atoms with Gasteiger partial charge in [0.05, 0.1) is 10.6 Å². The Bertz CT molecular complexity index is 1460. The molecule has 0 bridgehead atoms. The third-order valence-electron chi connectivity index (χ3n) is 6.46. The molecule has 2 amide bonds. The number of thioether (sulfide) groups is 1. The van der Waals surface area contributed by atoms with E-state index in [1.807, 2.05) is 27.0 Å². The van der Waals surface area contributed by atoms with E-state index in [-0.39, 0.29) is 23.3 Å². The van der Waals surface area contributed by atoms with Gasteiger partial charge < -0.3 is 10.2 Å². The summed E-state index contributed by atoms with van der Waals surface area (Å²) < 4.78 is 29.0. The van der Waals surface area contributed by atoms with Crippen LogP contribution >= 0.6 is 35.0 Å². The Hall–Kier alpha value is -2.72. The van der Waals surface area contributed by atoms with Crippen LogP contribution in [0.4, 0.5) is 5.69 Å². The van der Waals surface area contributed by atoms with Crippen molar-refractivity contribution in [3.05, 3.63) is 87.9 Å². The highest BCUT2D eigenvalue weighted by atomic mass is 35.5. The number of hydrogen-bond donors (Lipinski definition) is 1. The molecule has 0 aliphatic carbocycles. The smallest absolute Gasteiger partial charge is 0.264 e. The molecule has 1 N–H and O–H groups in total. The van der Waals surface area contributed by atoms with Crippen molar-refractivity contribution in [2.45, 2.75) is 50.1 Å². The van der Waals surface area contributed by atoms with Gasteiger partial charge in [-0.05, 0) is 80.1 Å². The fourth-order valence-corrected chi connectivity index (χ4v) is 6.27. The van der Waals surface area contributed by atoms with Crippen LogP contribution in [-0.4, -0.2) is 50.5 Å². The van der Waals surface area contributed by atoms with E-state index in [9.17, 15) is 18.0 Å². The second-order valence-corrected chi connectivity index (χ2v) is 13.7. The second-order valence-electron chi connectivity index (χ2n) is 10.1. The number of aryl methyl sites for hydroxylation is 1. The molecule has 0 radical (unpaired) electrons. The molecule has 7 nitrogen and oxygen atoms in total. The van der Waals surface area contributed by atoms with E-state index in [1.165, 1.54) is 28.8 Å². The molecule has 0 aliphatic rings. The number of sulfonamides is 1. The molecule has 220 valence electrons. The summed E-state index contributed by atoms with van der Waals surface area (Å²) in [6, 6.07) is 17.4. The molecule has 0 fully saturated rings. The van der Waals surface area contributed by atoms with E-state index in [2.05, 4.69) is 5.32 Å². The Labute approximate surface area is 257 Å². The third-order valence-corrected chi connectivity index (χ3v) is 9.57. The lowest BCUT2D eigenvalue weighted by molar-refractivity contribution is -0.139. The van der Waals surface area contributed by atoms with Crippen molar-refractivity contribution in [2.75, 3.05) is 23.7 Å². The van der Waals surface area contributed by atoms with Crippen LogP contribution in [0.5, 0.6) is 0 Å². The first-order valence-corrected chi connectivity index (χ1v) is 16.5. The molecule has 0 saturated carbocycles. The topological polar surface area (TPSA) is 86.8 Å². The number of carbonyl (C=O) groups is 2. The van der Waals surface area contributed by atoms with Crippen LogP contribution < -0.4 is 9.62 Å². The molecule has 0 heterocycles. The normalized spacial score (nSPS) is 12.2. The van der Waals surface area contributed by atoms with Crippen LogP contribution in [0.3, 0.4) is 0 Å². The second kappa shape index (κ2) is 14.4. The Balaban J connectivity index is 2.03. The zero-order valence-electron chi connectivity index (χ0n) is 23.7. The monoisotopic (exact) mass is 635 g/mol. The summed E-state index contributed by atoms with van der Waals surface area (Å²) in [6.07, 6.45) is 1.90. The molecule has 0 spiro atoms. The van der Waals surface area contributed by atoms with Gasteiger partial charge in [-0.15, -0.1) is 11.8 Å². The van der Waals surface area contributed by atoms with Crippen LogP contribution in [0.2, 0.25) is 10.0 Å². The first-order valence-electron chi connectivity index (χ1n) is 13.1. The van der Waals surface area contributed by atoms with Crippen LogP contribution in [0.25, 0.3) is 0 Å². The van der Waals surface area contributed by atoms with Crippen molar-refractivity contribution in [2.24, 2.45) is 5.92 Å². The molecule has 41 heavy (non-hydrogen) atoms. The molecule has 0 aliphatic heterocycles. The van der Waals surface area contributed by atoms with E-state index in [0.29, 0.717) is 27.8 Å². The fourth-order valence-electron chi connectivity index (χ4n) is 3.98. The molecule has 3 aromatic rings. The first kappa shape index (κ1) is 32.8. The summed E-state index contributed by atoms with van der Waals surface area (Å²) in [5.74, 6) is -0.705. The van der Waals surface area contributed by atoms with E-state index in [4.69, 9.17) is 23.2 Å². The van der Waals surface area contributed by atoms with Crippen LogP contribution in [-0.2, 0) is 26.2 Å². The van der Waals surface area contributed by atoms with Gasteiger partial charge in [-0.2, -0.15) is 0 Å². The number of nitrogens with zero attached hydrogens (tertiary/aromatic N) is 2. The van der Waals surface area contributed by atoms with Gasteiger partial charge in [0, 0.05) is 28.0 Å². The molecular formula is C30H35Cl2N3O4S2. The maximum Gasteiger partial charge on any atom is 0.264 e. The number of nitrogens with one attached hydrogen (secondary N) is 1. The van der Waals surface area contributed by atoms with Crippen LogP contribution in [0.1, 0.15) is 31.9 Å². The lowest BCUT2D eigenvalue weighted by Crippen LogP contribution is -2.51. The molecule has 1 atom stereocenters. The highest BCUT2D eigenvalue weighted by Crippen LogP contribution is 2.27. The molecule has 0 saturated heterocycles. The molecular weight excluding hydrogens is 601 g/mol. The summed E-state index contributed by atoms with van der Waals surface area (Å²) in [5, 5.41) is 3.63. The number of amides is 2. The minimum absolute atomic E-state index is 0.0185. The van der Waals surface area contributed by atoms with Crippen molar-refractivity contribution < 1.29 is 18.0 Å². The van der Waals surface area contributed by atoms with Crippen LogP contribution in [0, 0.1) is 12.8 Å². The SMILES string of the molecule is CSc1ccc(S(=O)(=O)N(CC(=O)N(Cc2ccc(Cl)cc2Cl)[C@H](C)C(=O)NCC(C)C)c2ccc(C)cc2)cc1. The lowest BCUT2D eigenvalue weighted by atomic mass is 10.1. The summed E-state index contributed by atoms with van der Waals surface area (Å²) in [4.78, 5) is 29.4. The highest BCUT2D eigenvalue weighted by molar-refractivity contribution is 7.98. The number of carbonyl (C=O) groups excluding carboxylic acids is 2. The summed E-state index contributed by atoms with van der Waals surface area (Å²) in [6.45, 7) is 7.34. The average Bonchev–Trinajstić information content (AvgIpc) is 2.94. The fraction of sp³-hybridized carbons (Fsp3) is 0.333. The van der Waals surface area contributed by atoms with Gasteiger partial charge in [0.1, 0.15) is 12.6 Å². The largest absolute Gasteiger partial charge is 0.354 e. The molecule has 11 heteroatoms. The van der Waals surface area contributed by atoms with Crippen molar-refractivity contribution in [3.63, 3.8) is 0 Å². The van der Waals surface area contributed by atoms with Gasteiger partial charge >= 0.3 is 0 Å². The number of anilines is 1. The Morgan fingerprint density at radius 1 is 0.951 bits per heavy atom. The number of hydrogen-bond acceptors (Lipinski definition) is 5. The minimum Gasteiger partial charge on any atom is -0.354 e. The maximum absolute atomic E-state index is 14.0. The summed E-state index contributed by atoms with van der Waals surface area (Å²) >= 11 is 14.0. The van der Waals surface area contributed by atoms with Gasteiger partial charge in [0.25, 0.3) is 10.0 Å². The zero-order valence-corrected chi connectivity index (χ0v) is 26.9. The Kier molecular flexibility index (Phi) is 11.6. The highest BCUT2D eigenvalue weighted by Gasteiger charge is 2.33. The van der Waals surface area contributed by atoms with Gasteiger partial charge in [0.15, 0.2) is 0 Å². The lowest BCUT2D eigenvalue weighted by Gasteiger charge is -2.32. The summed E-state index contributed by atoms with van der Waals surface area (Å²) in [5.41, 5.74) is 1.85. The van der Waals surface area contributed by atoms with Crippen molar-refractivity contribution in [1.29, 1.82) is 0 Å². The van der Waals surface area contributed by atoms with Gasteiger partial charge in [-0.1, -0.05) is 60.8 Å². The first-order chi connectivity index (χ1) is 19.3. The Morgan fingerprint density at radius 2 is 1.59 bits per heavy atom. The predicted octanol–water partition coefficient (Wildman–Crippen LogP) is 6.41. The van der Waals surface area contributed by atoms with Crippen molar-refractivity contribution >= 4 is 62.5 Å². The molecule has 3 rings (SSSR count). The Morgan fingerprint density at radius 3 is 2.15 bits per heavy atom. The summed E-state index contributed by atoms with van der Waals surface area (Å²) in [7, 11) is -4.14. The zero-order chi connectivity index (χ0) is 30.3. The van der Waals surface area contributed by atoms with E-state index >= 15 is 0 Å². The number of benzene rings is 3. The third kappa shape index (κ3) is 8.64. The maximum atomic E-state index is 14.0. The van der Waals surface area contributed by atoms with Crippen LogP contribution in [0.15, 0.2) is 76.5 Å². The van der Waals surface area contributed by atoms with E-state index < -0.39 is 28.5 Å². The van der Waals surface area contributed by atoms with Gasteiger partial charge in [0.2, 0.25) is 11.8 Å². The quantitative estimate of drug-likeness (QED) is 0.232. The molecule has 3 aromatic carbocycles. The van der Waals surface area contributed by atoms with E-state index in [1.54, 1.807) is 61.5 Å². The minimum atomic E-state index is -4.14. The number of halogens is 2. The predicted molar refractivity (Wildman–Crippen MR) is 168 cm³/mol. The van der Waals surface area contributed by atoms with Gasteiger partial charge in [-0.3, -0.25) is 13.9 Å². The average molecular weight is 637 g/mol. The molecule has 0 unspecified atom stereocenters. The molecule has 0 aromatic heterocycles.